The number of hydrogen-bond donors (Lipinski definition) is 0. The number of likely N-dealkylation sites (tertiary alicyclic amines) is 1. The van der Waals surface area contributed by atoms with Crippen LogP contribution in [0.5, 0.6) is 5.88 Å². The second-order valence-electron chi connectivity index (χ2n) is 7.05. The lowest BCUT2D eigenvalue weighted by Crippen LogP contribution is -2.32. The van der Waals surface area contributed by atoms with Gasteiger partial charge in [-0.2, -0.15) is 0 Å². The van der Waals surface area contributed by atoms with Gasteiger partial charge in [0.25, 0.3) is 5.91 Å². The number of halogens is 1. The van der Waals surface area contributed by atoms with Gasteiger partial charge in [-0.3, -0.25) is 4.79 Å². The van der Waals surface area contributed by atoms with Crippen LogP contribution in [-0.4, -0.2) is 59.0 Å². The monoisotopic (exact) mass is 371 g/mol. The molecule has 2 aliphatic heterocycles. The summed E-state index contributed by atoms with van der Waals surface area (Å²) in [5.41, 5.74) is 0.337. The van der Waals surface area contributed by atoms with Gasteiger partial charge in [0.15, 0.2) is 11.6 Å². The minimum Gasteiger partial charge on any atom is -0.480 e. The quantitative estimate of drug-likeness (QED) is 0.822. The molecule has 2 saturated heterocycles. The fourth-order valence-electron chi connectivity index (χ4n) is 4.03. The predicted molar refractivity (Wildman–Crippen MR) is 97.1 cm³/mol. The molecular formula is C19H22FN5O2. The molecule has 2 fully saturated rings. The molecule has 2 aromatic rings. The first-order chi connectivity index (χ1) is 13.2. The number of anilines is 1. The van der Waals surface area contributed by atoms with Crippen LogP contribution in [0, 0.1) is 17.7 Å². The van der Waals surface area contributed by atoms with E-state index in [9.17, 15) is 9.18 Å². The molecule has 0 aliphatic carbocycles. The fourth-order valence-corrected chi connectivity index (χ4v) is 4.03. The summed E-state index contributed by atoms with van der Waals surface area (Å²) in [7, 11) is 1.51. The molecule has 2 aliphatic rings. The summed E-state index contributed by atoms with van der Waals surface area (Å²) in [6, 6.07) is 3.06. The molecule has 0 bridgehead atoms. The Morgan fingerprint density at radius 1 is 1.15 bits per heavy atom. The highest BCUT2D eigenvalue weighted by Crippen LogP contribution is 2.33. The summed E-state index contributed by atoms with van der Waals surface area (Å²) in [6.07, 6.45) is 6.37. The van der Waals surface area contributed by atoms with Crippen LogP contribution in [0.4, 0.5) is 10.2 Å². The van der Waals surface area contributed by atoms with Crippen LogP contribution in [-0.2, 0) is 0 Å². The molecule has 2 aromatic heterocycles. The Morgan fingerprint density at radius 2 is 1.89 bits per heavy atom. The van der Waals surface area contributed by atoms with Crippen molar-refractivity contribution in [3.63, 3.8) is 0 Å². The van der Waals surface area contributed by atoms with Crippen LogP contribution < -0.4 is 9.64 Å². The lowest BCUT2D eigenvalue weighted by Gasteiger charge is -2.23. The molecule has 0 saturated carbocycles. The largest absolute Gasteiger partial charge is 0.480 e. The molecule has 4 heterocycles. The third-order valence-corrected chi connectivity index (χ3v) is 5.50. The van der Waals surface area contributed by atoms with Crippen molar-refractivity contribution in [1.82, 2.24) is 19.9 Å². The smallest absolute Gasteiger partial charge is 0.274 e. The maximum absolute atomic E-state index is 14.0. The Labute approximate surface area is 157 Å². The highest BCUT2D eigenvalue weighted by atomic mass is 19.1. The first-order valence-corrected chi connectivity index (χ1v) is 9.16. The number of carbonyl (C=O) groups excluding carboxylic acids is 1. The van der Waals surface area contributed by atoms with Crippen molar-refractivity contribution in [2.24, 2.45) is 11.8 Å². The molecule has 4 rings (SSSR count). The molecule has 27 heavy (non-hydrogen) atoms. The van der Waals surface area contributed by atoms with Crippen molar-refractivity contribution in [2.45, 2.75) is 12.8 Å². The Hall–Kier alpha value is -2.77. The number of ether oxygens (including phenoxy) is 1. The van der Waals surface area contributed by atoms with E-state index in [2.05, 4.69) is 15.0 Å². The predicted octanol–water partition coefficient (Wildman–Crippen LogP) is 2.01. The van der Waals surface area contributed by atoms with Crippen molar-refractivity contribution in [2.75, 3.05) is 38.2 Å². The Bertz CT molecular complexity index is 800. The number of amides is 1. The zero-order valence-electron chi connectivity index (χ0n) is 15.2. The molecule has 0 aromatic carbocycles. The van der Waals surface area contributed by atoms with E-state index in [-0.39, 0.29) is 11.7 Å². The SMILES string of the molecule is COc1cnc(C(=O)N2C[C@H]3CCN(c4ncccc4F)CC[C@H]3C2)cn1. The first kappa shape index (κ1) is 17.6. The van der Waals surface area contributed by atoms with Gasteiger partial charge < -0.3 is 14.5 Å². The Morgan fingerprint density at radius 3 is 2.48 bits per heavy atom. The molecule has 1 amide bonds. The van der Waals surface area contributed by atoms with Gasteiger partial charge >= 0.3 is 0 Å². The van der Waals surface area contributed by atoms with Crippen LogP contribution in [0.15, 0.2) is 30.7 Å². The first-order valence-electron chi connectivity index (χ1n) is 9.16. The standard InChI is InChI=1S/C19H22FN5O2/c1-27-17-10-22-16(9-23-17)19(26)25-11-13-4-7-24(8-5-14(13)12-25)18-15(20)3-2-6-21-18/h2-3,6,9-10,13-14H,4-5,7-8,11-12H2,1H3/t13-,14+. The number of nitrogens with zero attached hydrogens (tertiary/aromatic N) is 5. The van der Waals surface area contributed by atoms with Crippen molar-refractivity contribution in [3.05, 3.63) is 42.2 Å². The van der Waals surface area contributed by atoms with E-state index in [4.69, 9.17) is 4.74 Å². The van der Waals surface area contributed by atoms with E-state index in [1.807, 2.05) is 9.80 Å². The maximum Gasteiger partial charge on any atom is 0.274 e. The van der Waals surface area contributed by atoms with E-state index in [0.29, 0.717) is 42.3 Å². The van der Waals surface area contributed by atoms with Crippen molar-refractivity contribution in [3.8, 4) is 5.88 Å². The molecule has 8 heteroatoms. The maximum atomic E-state index is 14.0. The van der Waals surface area contributed by atoms with Crippen LogP contribution in [0.2, 0.25) is 0 Å². The highest BCUT2D eigenvalue weighted by Gasteiger charge is 2.37. The molecule has 0 spiro atoms. The number of fused-ring (bicyclic) bond motifs is 1. The fraction of sp³-hybridized carbons (Fsp3) is 0.474. The number of methoxy groups -OCH3 is 1. The minimum absolute atomic E-state index is 0.0918. The van der Waals surface area contributed by atoms with Gasteiger partial charge in [-0.15, -0.1) is 0 Å². The number of aromatic nitrogens is 3. The van der Waals surface area contributed by atoms with Gasteiger partial charge in [0.2, 0.25) is 5.88 Å². The van der Waals surface area contributed by atoms with Crippen LogP contribution >= 0.6 is 0 Å². The van der Waals surface area contributed by atoms with E-state index < -0.39 is 0 Å². The van der Waals surface area contributed by atoms with Gasteiger partial charge in [0.1, 0.15) is 5.69 Å². The van der Waals surface area contributed by atoms with Gasteiger partial charge in [0.05, 0.1) is 19.5 Å². The van der Waals surface area contributed by atoms with E-state index in [0.717, 1.165) is 25.9 Å². The lowest BCUT2D eigenvalue weighted by molar-refractivity contribution is 0.0776. The van der Waals surface area contributed by atoms with Crippen LogP contribution in [0.3, 0.4) is 0 Å². The average molecular weight is 371 g/mol. The summed E-state index contributed by atoms with van der Waals surface area (Å²) in [5.74, 6) is 1.28. The summed E-state index contributed by atoms with van der Waals surface area (Å²) in [4.78, 5) is 29.0. The molecule has 142 valence electrons. The zero-order valence-corrected chi connectivity index (χ0v) is 15.2. The topological polar surface area (TPSA) is 71.5 Å². The summed E-state index contributed by atoms with van der Waals surface area (Å²) < 4.78 is 19.0. The van der Waals surface area contributed by atoms with Crippen molar-refractivity contribution >= 4 is 11.7 Å². The van der Waals surface area contributed by atoms with Crippen LogP contribution in [0.1, 0.15) is 23.3 Å². The Balaban J connectivity index is 1.40. The number of hydrogen-bond acceptors (Lipinski definition) is 6. The van der Waals surface area contributed by atoms with Gasteiger partial charge in [-0.05, 0) is 36.8 Å². The Kier molecular flexibility index (Phi) is 4.87. The third-order valence-electron chi connectivity index (χ3n) is 5.50. The van der Waals surface area contributed by atoms with E-state index in [1.54, 1.807) is 12.3 Å². The summed E-state index contributed by atoms with van der Waals surface area (Å²) in [6.45, 7) is 2.91. The average Bonchev–Trinajstić information content (AvgIpc) is 3.01. The van der Waals surface area contributed by atoms with Gasteiger partial charge in [-0.1, -0.05) is 0 Å². The molecule has 0 radical (unpaired) electrons. The van der Waals surface area contributed by atoms with E-state index >= 15 is 0 Å². The molecular weight excluding hydrogens is 349 g/mol. The second kappa shape index (κ2) is 7.46. The second-order valence-corrected chi connectivity index (χ2v) is 7.05. The molecule has 7 nitrogen and oxygen atoms in total. The number of pyridine rings is 1. The van der Waals surface area contributed by atoms with Crippen molar-refractivity contribution < 1.29 is 13.9 Å². The highest BCUT2D eigenvalue weighted by molar-refractivity contribution is 5.92. The van der Waals surface area contributed by atoms with E-state index in [1.165, 1.54) is 25.6 Å². The lowest BCUT2D eigenvalue weighted by atomic mass is 9.92. The summed E-state index contributed by atoms with van der Waals surface area (Å²) in [5, 5.41) is 0. The van der Waals surface area contributed by atoms with Gasteiger partial charge in [0, 0.05) is 32.4 Å². The molecule has 0 unspecified atom stereocenters. The summed E-state index contributed by atoms with van der Waals surface area (Å²) >= 11 is 0. The zero-order chi connectivity index (χ0) is 18.8. The minimum atomic E-state index is -0.278. The van der Waals surface area contributed by atoms with Crippen molar-refractivity contribution in [1.29, 1.82) is 0 Å². The van der Waals surface area contributed by atoms with Crippen LogP contribution in [0.25, 0.3) is 0 Å². The normalized spacial score (nSPS) is 22.3. The van der Waals surface area contributed by atoms with Gasteiger partial charge in [-0.25, -0.2) is 19.3 Å². The molecule has 2 atom stereocenters. The number of carbonyl (C=O) groups is 1. The third kappa shape index (κ3) is 3.56. The number of rotatable bonds is 3. The molecule has 0 N–H and O–H groups in total.